The Labute approximate surface area is 133 Å². The number of nitrogens with zero attached hydrogens (tertiary/aromatic N) is 1. The minimum absolute atomic E-state index is 0.177. The summed E-state index contributed by atoms with van der Waals surface area (Å²) in [7, 11) is 0. The SMILES string of the molecule is CC(C)(C)OC(=O)N1C[C@@H](Oc2ccc(F)c(F)c2)C[C@H]1CO. The summed E-state index contributed by atoms with van der Waals surface area (Å²) < 4.78 is 37.0. The van der Waals surface area contributed by atoms with Crippen molar-refractivity contribution in [2.24, 2.45) is 0 Å². The van der Waals surface area contributed by atoms with Crippen LogP contribution < -0.4 is 4.74 Å². The molecule has 2 rings (SSSR count). The van der Waals surface area contributed by atoms with Crippen molar-refractivity contribution in [2.75, 3.05) is 13.2 Å². The Morgan fingerprint density at radius 3 is 2.61 bits per heavy atom. The zero-order chi connectivity index (χ0) is 17.2. The summed E-state index contributed by atoms with van der Waals surface area (Å²) in [5.41, 5.74) is -0.643. The van der Waals surface area contributed by atoms with Crippen molar-refractivity contribution in [2.45, 2.75) is 44.9 Å². The molecule has 1 saturated heterocycles. The molecule has 1 aliphatic rings. The molecule has 1 amide bonds. The van der Waals surface area contributed by atoms with E-state index in [4.69, 9.17) is 9.47 Å². The third-order valence-electron chi connectivity index (χ3n) is 3.41. The van der Waals surface area contributed by atoms with Crippen LogP contribution in [0.15, 0.2) is 18.2 Å². The lowest BCUT2D eigenvalue weighted by molar-refractivity contribution is 0.0165. The molecule has 1 heterocycles. The number of benzene rings is 1. The predicted octanol–water partition coefficient (Wildman–Crippen LogP) is 2.71. The quantitative estimate of drug-likeness (QED) is 0.926. The highest BCUT2D eigenvalue weighted by Gasteiger charge is 2.38. The van der Waals surface area contributed by atoms with Gasteiger partial charge in [-0.1, -0.05) is 0 Å². The van der Waals surface area contributed by atoms with Crippen molar-refractivity contribution in [1.82, 2.24) is 4.90 Å². The molecule has 1 aromatic carbocycles. The molecule has 0 aliphatic carbocycles. The lowest BCUT2D eigenvalue weighted by Gasteiger charge is -2.27. The molecule has 0 unspecified atom stereocenters. The Balaban J connectivity index is 2.03. The van der Waals surface area contributed by atoms with E-state index in [0.29, 0.717) is 6.42 Å². The van der Waals surface area contributed by atoms with E-state index in [-0.39, 0.29) is 18.9 Å². The zero-order valence-corrected chi connectivity index (χ0v) is 13.4. The normalized spacial score (nSPS) is 21.4. The number of amides is 1. The van der Waals surface area contributed by atoms with Crippen LogP contribution in [0.1, 0.15) is 27.2 Å². The third kappa shape index (κ3) is 4.54. The lowest BCUT2D eigenvalue weighted by Crippen LogP contribution is -2.41. The molecule has 0 saturated carbocycles. The Morgan fingerprint density at radius 2 is 2.04 bits per heavy atom. The van der Waals surface area contributed by atoms with Crippen molar-refractivity contribution < 1.29 is 28.2 Å². The van der Waals surface area contributed by atoms with Gasteiger partial charge in [0, 0.05) is 12.5 Å². The van der Waals surface area contributed by atoms with E-state index in [1.165, 1.54) is 11.0 Å². The van der Waals surface area contributed by atoms with Gasteiger partial charge in [0.25, 0.3) is 0 Å². The van der Waals surface area contributed by atoms with Gasteiger partial charge in [0.05, 0.1) is 19.2 Å². The van der Waals surface area contributed by atoms with E-state index in [1.54, 1.807) is 20.8 Å². The topological polar surface area (TPSA) is 59.0 Å². The van der Waals surface area contributed by atoms with E-state index in [9.17, 15) is 18.7 Å². The second kappa shape index (κ2) is 6.70. The standard InChI is InChI=1S/C16H21F2NO4/c1-16(2,3)23-15(21)19-8-12(6-10(19)9-20)22-11-4-5-13(17)14(18)7-11/h4-5,7,10,12,20H,6,8-9H2,1-3H3/t10-,12-/m0/s1. The van der Waals surface area contributed by atoms with Gasteiger partial charge >= 0.3 is 6.09 Å². The second-order valence-corrected chi connectivity index (χ2v) is 6.52. The van der Waals surface area contributed by atoms with Crippen molar-refractivity contribution in [1.29, 1.82) is 0 Å². The average molecular weight is 329 g/mol. The number of likely N-dealkylation sites (tertiary alicyclic amines) is 1. The summed E-state index contributed by atoms with van der Waals surface area (Å²) in [4.78, 5) is 13.6. The van der Waals surface area contributed by atoms with Crippen LogP contribution in [0.25, 0.3) is 0 Å². The number of rotatable bonds is 3. The molecule has 1 aliphatic heterocycles. The maximum atomic E-state index is 13.2. The highest BCUT2D eigenvalue weighted by atomic mass is 19.2. The van der Waals surface area contributed by atoms with Crippen molar-refractivity contribution in [3.05, 3.63) is 29.8 Å². The van der Waals surface area contributed by atoms with Gasteiger partial charge in [-0.05, 0) is 32.9 Å². The molecule has 0 bridgehead atoms. The van der Waals surface area contributed by atoms with E-state index < -0.39 is 35.5 Å². The van der Waals surface area contributed by atoms with E-state index in [0.717, 1.165) is 12.1 Å². The van der Waals surface area contributed by atoms with Crippen LogP contribution in [0.2, 0.25) is 0 Å². The first-order chi connectivity index (χ1) is 10.7. The Hall–Kier alpha value is -1.89. The van der Waals surface area contributed by atoms with Crippen LogP contribution in [0.5, 0.6) is 5.75 Å². The van der Waals surface area contributed by atoms with Crippen molar-refractivity contribution in [3.8, 4) is 5.75 Å². The van der Waals surface area contributed by atoms with E-state index in [1.807, 2.05) is 0 Å². The fourth-order valence-corrected chi connectivity index (χ4v) is 2.42. The van der Waals surface area contributed by atoms with Crippen LogP contribution in [0.3, 0.4) is 0 Å². The van der Waals surface area contributed by atoms with Gasteiger partial charge < -0.3 is 14.6 Å². The van der Waals surface area contributed by atoms with Gasteiger partial charge in [0.15, 0.2) is 11.6 Å². The molecule has 0 radical (unpaired) electrons. The fourth-order valence-electron chi connectivity index (χ4n) is 2.42. The monoisotopic (exact) mass is 329 g/mol. The number of aliphatic hydroxyl groups excluding tert-OH is 1. The van der Waals surface area contributed by atoms with Gasteiger partial charge in [-0.3, -0.25) is 4.90 Å². The molecule has 23 heavy (non-hydrogen) atoms. The molecular weight excluding hydrogens is 308 g/mol. The smallest absolute Gasteiger partial charge is 0.410 e. The second-order valence-electron chi connectivity index (χ2n) is 6.52. The van der Waals surface area contributed by atoms with Crippen molar-refractivity contribution >= 4 is 6.09 Å². The molecule has 128 valence electrons. The first kappa shape index (κ1) is 17.5. The number of halogens is 2. The molecular formula is C16H21F2NO4. The highest BCUT2D eigenvalue weighted by molar-refractivity contribution is 5.69. The Morgan fingerprint density at radius 1 is 1.35 bits per heavy atom. The summed E-state index contributed by atoms with van der Waals surface area (Å²) in [6.07, 6.45) is -0.577. The molecule has 1 fully saturated rings. The minimum atomic E-state index is -0.997. The summed E-state index contributed by atoms with van der Waals surface area (Å²) in [6, 6.07) is 2.83. The zero-order valence-electron chi connectivity index (χ0n) is 13.4. The maximum absolute atomic E-state index is 13.2. The molecule has 7 heteroatoms. The van der Waals surface area contributed by atoms with Crippen LogP contribution in [0.4, 0.5) is 13.6 Å². The summed E-state index contributed by atoms with van der Waals surface area (Å²) in [5.74, 6) is -1.77. The fraction of sp³-hybridized carbons (Fsp3) is 0.562. The highest BCUT2D eigenvalue weighted by Crippen LogP contribution is 2.25. The van der Waals surface area contributed by atoms with E-state index in [2.05, 4.69) is 0 Å². The first-order valence-corrected chi connectivity index (χ1v) is 7.42. The molecule has 0 spiro atoms. The Kier molecular flexibility index (Phi) is 5.09. The maximum Gasteiger partial charge on any atom is 0.410 e. The van der Waals surface area contributed by atoms with Crippen LogP contribution >= 0.6 is 0 Å². The Bertz CT molecular complexity index is 574. The van der Waals surface area contributed by atoms with Crippen molar-refractivity contribution in [3.63, 3.8) is 0 Å². The summed E-state index contributed by atoms with van der Waals surface area (Å²) in [5, 5.41) is 9.43. The van der Waals surface area contributed by atoms with Crippen LogP contribution in [-0.2, 0) is 4.74 Å². The average Bonchev–Trinajstić information content (AvgIpc) is 2.84. The lowest BCUT2D eigenvalue weighted by atomic mass is 10.2. The number of hydrogen-bond acceptors (Lipinski definition) is 4. The molecule has 0 aromatic heterocycles. The van der Waals surface area contributed by atoms with Gasteiger partial charge in [-0.25, -0.2) is 13.6 Å². The first-order valence-electron chi connectivity index (χ1n) is 7.42. The van der Waals surface area contributed by atoms with Gasteiger partial charge in [-0.15, -0.1) is 0 Å². The molecule has 2 atom stereocenters. The van der Waals surface area contributed by atoms with Crippen LogP contribution in [0, 0.1) is 11.6 Å². The van der Waals surface area contributed by atoms with Gasteiger partial charge in [-0.2, -0.15) is 0 Å². The number of hydrogen-bond donors (Lipinski definition) is 1. The third-order valence-corrected chi connectivity index (χ3v) is 3.41. The number of ether oxygens (including phenoxy) is 2. The largest absolute Gasteiger partial charge is 0.488 e. The predicted molar refractivity (Wildman–Crippen MR) is 79.2 cm³/mol. The minimum Gasteiger partial charge on any atom is -0.488 e. The summed E-state index contributed by atoms with van der Waals surface area (Å²) in [6.45, 7) is 5.24. The number of aliphatic hydroxyl groups is 1. The number of carbonyl (C=O) groups is 1. The summed E-state index contributed by atoms with van der Waals surface area (Å²) >= 11 is 0. The van der Waals surface area contributed by atoms with Crippen LogP contribution in [-0.4, -0.2) is 47.0 Å². The molecule has 5 nitrogen and oxygen atoms in total. The molecule has 1 N–H and O–H groups in total. The van der Waals surface area contributed by atoms with Gasteiger partial charge in [0.2, 0.25) is 0 Å². The molecule has 1 aromatic rings. The number of carbonyl (C=O) groups excluding carboxylic acids is 1. The van der Waals surface area contributed by atoms with E-state index >= 15 is 0 Å². The van der Waals surface area contributed by atoms with Gasteiger partial charge in [0.1, 0.15) is 17.5 Å².